The van der Waals surface area contributed by atoms with Gasteiger partial charge in [0.1, 0.15) is 5.69 Å². The van der Waals surface area contributed by atoms with Crippen molar-refractivity contribution in [2.75, 3.05) is 5.73 Å². The molecule has 8 heteroatoms. The molecule has 2 N–H and O–H groups in total. The van der Waals surface area contributed by atoms with E-state index in [2.05, 4.69) is 20.6 Å². The van der Waals surface area contributed by atoms with E-state index in [1.54, 1.807) is 15.4 Å². The van der Waals surface area contributed by atoms with E-state index in [-0.39, 0.29) is 0 Å². The molecule has 0 saturated carbocycles. The fourth-order valence-corrected chi connectivity index (χ4v) is 2.40. The Balaban J connectivity index is 2.19. The minimum atomic E-state index is 0.440. The maximum Gasteiger partial charge on any atom is 0.188 e. The second kappa shape index (κ2) is 5.17. The lowest BCUT2D eigenvalue weighted by Crippen LogP contribution is -2.02. The van der Waals surface area contributed by atoms with Crippen molar-refractivity contribution >= 4 is 17.3 Å². The van der Waals surface area contributed by atoms with Crippen molar-refractivity contribution in [3.63, 3.8) is 0 Å². The molecule has 0 unspecified atom stereocenters. The predicted octanol–water partition coefficient (Wildman–Crippen LogP) is 1.86. The van der Waals surface area contributed by atoms with Gasteiger partial charge in [-0.15, -0.1) is 5.10 Å². The molecule has 7 nitrogen and oxygen atoms in total. The summed E-state index contributed by atoms with van der Waals surface area (Å²) in [4.78, 5) is 0. The van der Waals surface area contributed by atoms with Crippen LogP contribution in [0.4, 0.5) is 5.69 Å². The molecule has 0 amide bonds. The number of benzene rings is 1. The minimum absolute atomic E-state index is 0.440. The fourth-order valence-electron chi connectivity index (χ4n) is 2.19. The van der Waals surface area contributed by atoms with Gasteiger partial charge in [-0.25, -0.2) is 0 Å². The number of nitrogens with zero attached hydrogens (tertiary/aromatic N) is 6. The monoisotopic (exact) mass is 303 g/mol. The van der Waals surface area contributed by atoms with E-state index in [4.69, 9.17) is 17.3 Å². The highest BCUT2D eigenvalue weighted by Crippen LogP contribution is 2.31. The first kappa shape index (κ1) is 13.6. The van der Waals surface area contributed by atoms with Gasteiger partial charge in [0.15, 0.2) is 5.82 Å². The molecular formula is C13H14ClN7. The van der Waals surface area contributed by atoms with E-state index < -0.39 is 0 Å². The van der Waals surface area contributed by atoms with Crippen LogP contribution < -0.4 is 5.73 Å². The molecule has 0 fully saturated rings. The van der Waals surface area contributed by atoms with Gasteiger partial charge in [0.25, 0.3) is 0 Å². The van der Waals surface area contributed by atoms with Crippen molar-refractivity contribution in [1.82, 2.24) is 30.0 Å². The normalized spacial score (nSPS) is 11.0. The van der Waals surface area contributed by atoms with E-state index in [9.17, 15) is 0 Å². The maximum absolute atomic E-state index is 6.27. The van der Waals surface area contributed by atoms with Crippen molar-refractivity contribution < 1.29 is 0 Å². The molecule has 0 aliphatic heterocycles. The molecule has 3 aromatic rings. The third kappa shape index (κ3) is 2.25. The van der Waals surface area contributed by atoms with Crippen LogP contribution in [-0.4, -0.2) is 30.0 Å². The van der Waals surface area contributed by atoms with Gasteiger partial charge in [0.2, 0.25) is 0 Å². The van der Waals surface area contributed by atoms with Crippen molar-refractivity contribution in [3.05, 3.63) is 35.1 Å². The largest absolute Gasteiger partial charge is 0.398 e. The molecule has 1 aromatic carbocycles. The predicted molar refractivity (Wildman–Crippen MR) is 80.2 cm³/mol. The number of hydrogen-bond donors (Lipinski definition) is 1. The second-order valence-corrected chi connectivity index (χ2v) is 4.99. The summed E-state index contributed by atoms with van der Waals surface area (Å²) in [5, 5.41) is 16.7. The summed E-state index contributed by atoms with van der Waals surface area (Å²) in [7, 11) is 1.86. The number of nitrogens with two attached hydrogens (primary N) is 1. The highest BCUT2D eigenvalue weighted by atomic mass is 35.5. The molecule has 0 saturated heterocycles. The SMILES string of the molecule is CCc1nn(C)cc1-n1nnnc1-c1cccc(N)c1Cl. The molecule has 0 atom stereocenters. The Morgan fingerprint density at radius 2 is 2.14 bits per heavy atom. The number of rotatable bonds is 3. The summed E-state index contributed by atoms with van der Waals surface area (Å²) in [5.41, 5.74) is 8.77. The van der Waals surface area contributed by atoms with Gasteiger partial charge in [0, 0.05) is 12.6 Å². The van der Waals surface area contributed by atoms with Gasteiger partial charge in [-0.2, -0.15) is 9.78 Å². The summed E-state index contributed by atoms with van der Waals surface area (Å²) in [5.74, 6) is 0.537. The van der Waals surface area contributed by atoms with Gasteiger partial charge in [-0.05, 0) is 29.0 Å². The Bertz CT molecular complexity index is 790. The number of anilines is 1. The third-order valence-corrected chi connectivity index (χ3v) is 3.61. The Morgan fingerprint density at radius 3 is 2.90 bits per heavy atom. The Labute approximate surface area is 126 Å². The first-order chi connectivity index (χ1) is 10.1. The van der Waals surface area contributed by atoms with E-state index in [1.165, 1.54) is 0 Å². The van der Waals surface area contributed by atoms with E-state index >= 15 is 0 Å². The van der Waals surface area contributed by atoms with Crippen LogP contribution in [-0.2, 0) is 13.5 Å². The molecule has 108 valence electrons. The van der Waals surface area contributed by atoms with Gasteiger partial charge in [-0.1, -0.05) is 24.6 Å². The number of halogens is 1. The quantitative estimate of drug-likeness (QED) is 0.746. The van der Waals surface area contributed by atoms with Crippen molar-refractivity contribution in [1.29, 1.82) is 0 Å². The highest BCUT2D eigenvalue weighted by Gasteiger charge is 2.18. The second-order valence-electron chi connectivity index (χ2n) is 4.61. The van der Waals surface area contributed by atoms with Crippen LogP contribution in [0.15, 0.2) is 24.4 Å². The molecular weight excluding hydrogens is 290 g/mol. The van der Waals surface area contributed by atoms with Crippen LogP contribution in [0, 0.1) is 0 Å². The number of hydrogen-bond acceptors (Lipinski definition) is 5. The summed E-state index contributed by atoms with van der Waals surface area (Å²) in [6, 6.07) is 5.39. The molecule has 3 rings (SSSR count). The highest BCUT2D eigenvalue weighted by molar-refractivity contribution is 6.35. The molecule has 2 heterocycles. The van der Waals surface area contributed by atoms with Crippen molar-refractivity contribution in [2.45, 2.75) is 13.3 Å². The number of aryl methyl sites for hydroxylation is 2. The summed E-state index contributed by atoms with van der Waals surface area (Å²) < 4.78 is 3.37. The van der Waals surface area contributed by atoms with Gasteiger partial charge >= 0.3 is 0 Å². The summed E-state index contributed by atoms with van der Waals surface area (Å²) >= 11 is 6.27. The van der Waals surface area contributed by atoms with E-state index in [1.807, 2.05) is 32.3 Å². The van der Waals surface area contributed by atoms with Gasteiger partial charge in [0.05, 0.1) is 22.6 Å². The molecule has 0 aliphatic rings. The smallest absolute Gasteiger partial charge is 0.188 e. The molecule has 0 spiro atoms. The first-order valence-electron chi connectivity index (χ1n) is 6.47. The molecule has 0 bridgehead atoms. The van der Waals surface area contributed by atoms with Crippen molar-refractivity contribution in [2.24, 2.45) is 7.05 Å². The van der Waals surface area contributed by atoms with Crippen LogP contribution >= 0.6 is 11.6 Å². The topological polar surface area (TPSA) is 87.4 Å². The minimum Gasteiger partial charge on any atom is -0.398 e. The standard InChI is InChI=1S/C13H14ClN7/c1-3-10-11(7-20(2)17-10)21-13(16-18-19-21)8-5-4-6-9(15)12(8)14/h4-7H,3,15H2,1-2H3. The van der Waals surface area contributed by atoms with Crippen LogP contribution in [0.1, 0.15) is 12.6 Å². The summed E-state index contributed by atoms with van der Waals surface area (Å²) in [6.07, 6.45) is 2.65. The van der Waals surface area contributed by atoms with Crippen LogP contribution in [0.5, 0.6) is 0 Å². The fraction of sp³-hybridized carbons (Fsp3) is 0.231. The lowest BCUT2D eigenvalue weighted by molar-refractivity contribution is 0.746. The zero-order valence-corrected chi connectivity index (χ0v) is 12.4. The lowest BCUT2D eigenvalue weighted by atomic mass is 10.2. The van der Waals surface area contributed by atoms with Crippen LogP contribution in [0.2, 0.25) is 5.02 Å². The lowest BCUT2D eigenvalue weighted by Gasteiger charge is -2.07. The number of aromatic nitrogens is 6. The average Bonchev–Trinajstić information content (AvgIpc) is 3.07. The first-order valence-corrected chi connectivity index (χ1v) is 6.85. The molecule has 0 aliphatic carbocycles. The zero-order chi connectivity index (χ0) is 15.0. The van der Waals surface area contributed by atoms with E-state index in [0.717, 1.165) is 17.8 Å². The zero-order valence-electron chi connectivity index (χ0n) is 11.7. The molecule has 2 aromatic heterocycles. The van der Waals surface area contributed by atoms with Crippen molar-refractivity contribution in [3.8, 4) is 17.1 Å². The Kier molecular flexibility index (Phi) is 3.34. The molecule has 0 radical (unpaired) electrons. The number of nitrogen functional groups attached to an aromatic ring is 1. The summed E-state index contributed by atoms with van der Waals surface area (Å²) in [6.45, 7) is 2.03. The molecule has 21 heavy (non-hydrogen) atoms. The maximum atomic E-state index is 6.27. The Hall–Kier alpha value is -2.41. The van der Waals surface area contributed by atoms with Gasteiger partial charge in [-0.3, -0.25) is 4.68 Å². The van der Waals surface area contributed by atoms with Gasteiger partial charge < -0.3 is 5.73 Å². The third-order valence-electron chi connectivity index (χ3n) is 3.19. The van der Waals surface area contributed by atoms with E-state index in [0.29, 0.717) is 22.1 Å². The average molecular weight is 304 g/mol. The Morgan fingerprint density at radius 1 is 1.33 bits per heavy atom. The number of tetrazole rings is 1. The van der Waals surface area contributed by atoms with Crippen LogP contribution in [0.3, 0.4) is 0 Å². The van der Waals surface area contributed by atoms with Crippen LogP contribution in [0.25, 0.3) is 17.1 Å².